The number of halogens is 5. The van der Waals surface area contributed by atoms with Crippen LogP contribution in [0.4, 0.5) is 28.9 Å². The van der Waals surface area contributed by atoms with Crippen LogP contribution in [-0.4, -0.2) is 5.91 Å². The third kappa shape index (κ3) is 3.30. The Morgan fingerprint density at radius 3 is 2.50 bits per heavy atom. The van der Waals surface area contributed by atoms with Crippen LogP contribution in [0.5, 0.6) is 0 Å². The number of nitrogen functional groups attached to an aromatic ring is 1. The topological polar surface area (TPSA) is 55.1 Å². The van der Waals surface area contributed by atoms with Crippen molar-refractivity contribution in [3.8, 4) is 0 Å². The minimum atomic E-state index is -4.58. The van der Waals surface area contributed by atoms with E-state index >= 15 is 0 Å². The van der Waals surface area contributed by atoms with E-state index in [1.807, 2.05) is 0 Å². The van der Waals surface area contributed by atoms with E-state index in [9.17, 15) is 22.4 Å². The van der Waals surface area contributed by atoms with Crippen molar-refractivity contribution in [3.05, 3.63) is 58.4 Å². The van der Waals surface area contributed by atoms with Gasteiger partial charge in [-0.1, -0.05) is 17.7 Å². The summed E-state index contributed by atoms with van der Waals surface area (Å²) in [6.45, 7) is 0. The molecule has 0 saturated heterocycles. The maximum absolute atomic E-state index is 13.3. The van der Waals surface area contributed by atoms with Crippen molar-refractivity contribution in [2.24, 2.45) is 0 Å². The van der Waals surface area contributed by atoms with Gasteiger partial charge in [0.15, 0.2) is 0 Å². The van der Waals surface area contributed by atoms with E-state index < -0.39 is 29.2 Å². The van der Waals surface area contributed by atoms with Gasteiger partial charge in [-0.15, -0.1) is 0 Å². The molecule has 1 amide bonds. The van der Waals surface area contributed by atoms with E-state index in [0.29, 0.717) is 6.07 Å². The van der Waals surface area contributed by atoms with Crippen molar-refractivity contribution in [2.45, 2.75) is 6.18 Å². The molecule has 0 radical (unpaired) electrons. The van der Waals surface area contributed by atoms with Crippen LogP contribution < -0.4 is 11.1 Å². The normalized spacial score (nSPS) is 11.3. The van der Waals surface area contributed by atoms with Crippen LogP contribution in [-0.2, 0) is 6.18 Å². The SMILES string of the molecule is Nc1c(F)cccc1C(=O)Nc1cc(C(F)(F)F)ccc1Cl. The molecule has 2 aromatic carbocycles. The molecule has 0 atom stereocenters. The molecule has 0 aliphatic rings. The lowest BCUT2D eigenvalue weighted by molar-refractivity contribution is -0.137. The van der Waals surface area contributed by atoms with Crippen molar-refractivity contribution in [1.82, 2.24) is 0 Å². The van der Waals surface area contributed by atoms with Gasteiger partial charge in [0.05, 0.1) is 27.5 Å². The number of nitrogens with one attached hydrogen (secondary N) is 1. The molecule has 2 rings (SSSR count). The van der Waals surface area contributed by atoms with Crippen LogP contribution in [0.3, 0.4) is 0 Å². The lowest BCUT2D eigenvalue weighted by Crippen LogP contribution is -2.16. The number of rotatable bonds is 2. The summed E-state index contributed by atoms with van der Waals surface area (Å²) in [5, 5.41) is 2.10. The maximum atomic E-state index is 13.3. The monoisotopic (exact) mass is 332 g/mol. The van der Waals surface area contributed by atoms with Gasteiger partial charge in [-0.2, -0.15) is 13.2 Å². The lowest BCUT2D eigenvalue weighted by atomic mass is 10.1. The Morgan fingerprint density at radius 1 is 1.18 bits per heavy atom. The van der Waals surface area contributed by atoms with E-state index in [0.717, 1.165) is 18.2 Å². The summed E-state index contributed by atoms with van der Waals surface area (Å²) in [4.78, 5) is 12.0. The first-order valence-corrected chi connectivity index (χ1v) is 6.30. The maximum Gasteiger partial charge on any atom is 0.416 e. The molecule has 0 saturated carbocycles. The largest absolute Gasteiger partial charge is 0.416 e. The minimum Gasteiger partial charge on any atom is -0.396 e. The summed E-state index contributed by atoms with van der Waals surface area (Å²) >= 11 is 5.76. The number of nitrogens with two attached hydrogens (primary N) is 1. The standard InChI is InChI=1S/C14H9ClF4N2O/c15-9-5-4-7(14(17,18)19)6-11(9)21-13(22)8-2-1-3-10(16)12(8)20/h1-6H,20H2,(H,21,22). The smallest absolute Gasteiger partial charge is 0.396 e. The molecular formula is C14H9ClF4N2O. The van der Waals surface area contributed by atoms with Gasteiger partial charge in [-0.25, -0.2) is 4.39 Å². The number of carbonyl (C=O) groups is 1. The second-order valence-corrected chi connectivity index (χ2v) is 4.75. The first-order valence-electron chi connectivity index (χ1n) is 5.92. The van der Waals surface area contributed by atoms with Gasteiger partial charge < -0.3 is 11.1 Å². The molecule has 116 valence electrons. The minimum absolute atomic E-state index is 0.0867. The third-order valence-corrected chi connectivity index (χ3v) is 3.17. The fraction of sp³-hybridized carbons (Fsp3) is 0.0714. The van der Waals surface area contributed by atoms with Crippen molar-refractivity contribution < 1.29 is 22.4 Å². The third-order valence-electron chi connectivity index (χ3n) is 2.84. The van der Waals surface area contributed by atoms with Crippen LogP contribution in [0.25, 0.3) is 0 Å². The fourth-order valence-corrected chi connectivity index (χ4v) is 1.89. The Bertz CT molecular complexity index is 731. The van der Waals surface area contributed by atoms with Crippen LogP contribution >= 0.6 is 11.6 Å². The number of anilines is 2. The number of hydrogen-bond donors (Lipinski definition) is 2. The predicted molar refractivity (Wildman–Crippen MR) is 75.2 cm³/mol. The quantitative estimate of drug-likeness (QED) is 0.635. The Kier molecular flexibility index (Phi) is 4.27. The average molecular weight is 333 g/mol. The molecule has 8 heteroatoms. The van der Waals surface area contributed by atoms with Crippen molar-refractivity contribution in [3.63, 3.8) is 0 Å². The molecular weight excluding hydrogens is 324 g/mol. The molecule has 0 bridgehead atoms. The Hall–Kier alpha value is -2.28. The number of carbonyl (C=O) groups excluding carboxylic acids is 1. The number of alkyl halides is 3. The predicted octanol–water partition coefficient (Wildman–Crippen LogP) is 4.33. The van der Waals surface area contributed by atoms with Crippen LogP contribution in [0.1, 0.15) is 15.9 Å². The van der Waals surface area contributed by atoms with Gasteiger partial charge in [0.2, 0.25) is 0 Å². The van der Waals surface area contributed by atoms with Crippen LogP contribution in [0.15, 0.2) is 36.4 Å². The first kappa shape index (κ1) is 16.1. The number of hydrogen-bond acceptors (Lipinski definition) is 2. The van der Waals surface area contributed by atoms with Crippen molar-refractivity contribution >= 4 is 28.9 Å². The highest BCUT2D eigenvalue weighted by Gasteiger charge is 2.31. The first-order chi connectivity index (χ1) is 10.2. The Balaban J connectivity index is 2.34. The fourth-order valence-electron chi connectivity index (χ4n) is 1.72. The Morgan fingerprint density at radius 2 is 1.86 bits per heavy atom. The van der Waals surface area contributed by atoms with E-state index in [-0.39, 0.29) is 16.3 Å². The van der Waals surface area contributed by atoms with Gasteiger partial charge in [0, 0.05) is 0 Å². The zero-order valence-corrected chi connectivity index (χ0v) is 11.6. The number of benzene rings is 2. The molecule has 3 nitrogen and oxygen atoms in total. The van der Waals surface area contributed by atoms with Gasteiger partial charge in [-0.3, -0.25) is 4.79 Å². The highest BCUT2D eigenvalue weighted by Crippen LogP contribution is 2.34. The van der Waals surface area contributed by atoms with Gasteiger partial charge in [0.1, 0.15) is 5.82 Å². The van der Waals surface area contributed by atoms with E-state index in [1.54, 1.807) is 0 Å². The van der Waals surface area contributed by atoms with Gasteiger partial charge in [-0.05, 0) is 30.3 Å². The summed E-state index contributed by atoms with van der Waals surface area (Å²) in [6.07, 6.45) is -4.58. The summed E-state index contributed by atoms with van der Waals surface area (Å²) in [5.41, 5.74) is 3.61. The number of amides is 1. The summed E-state index contributed by atoms with van der Waals surface area (Å²) in [6, 6.07) is 6.05. The Labute approximate surface area is 127 Å². The van der Waals surface area contributed by atoms with E-state index in [4.69, 9.17) is 17.3 Å². The molecule has 0 aromatic heterocycles. The average Bonchev–Trinajstić information content (AvgIpc) is 2.43. The van der Waals surface area contributed by atoms with E-state index in [1.165, 1.54) is 12.1 Å². The van der Waals surface area contributed by atoms with Crippen molar-refractivity contribution in [2.75, 3.05) is 11.1 Å². The van der Waals surface area contributed by atoms with Crippen LogP contribution in [0, 0.1) is 5.82 Å². The summed E-state index contributed by atoms with van der Waals surface area (Å²) in [7, 11) is 0. The van der Waals surface area contributed by atoms with E-state index in [2.05, 4.69) is 5.32 Å². The molecule has 22 heavy (non-hydrogen) atoms. The molecule has 0 fully saturated rings. The lowest BCUT2D eigenvalue weighted by Gasteiger charge is -2.12. The zero-order chi connectivity index (χ0) is 16.5. The molecule has 0 aliphatic carbocycles. The molecule has 2 aromatic rings. The second kappa shape index (κ2) is 5.84. The highest BCUT2D eigenvalue weighted by molar-refractivity contribution is 6.34. The van der Waals surface area contributed by atoms with Gasteiger partial charge >= 0.3 is 6.18 Å². The summed E-state index contributed by atoms with van der Waals surface area (Å²) in [5.74, 6) is -1.67. The second-order valence-electron chi connectivity index (χ2n) is 4.35. The highest BCUT2D eigenvalue weighted by atomic mass is 35.5. The molecule has 0 heterocycles. The molecule has 0 spiro atoms. The molecule has 0 unspecified atom stereocenters. The summed E-state index contributed by atoms with van der Waals surface area (Å²) < 4.78 is 51.3. The van der Waals surface area contributed by atoms with Crippen molar-refractivity contribution in [1.29, 1.82) is 0 Å². The zero-order valence-electron chi connectivity index (χ0n) is 10.8. The van der Waals surface area contributed by atoms with Gasteiger partial charge in [0.25, 0.3) is 5.91 Å². The number of para-hydroxylation sites is 1. The molecule has 3 N–H and O–H groups in total. The molecule has 0 aliphatic heterocycles. The van der Waals surface area contributed by atoms with Crippen LogP contribution in [0.2, 0.25) is 5.02 Å².